The number of carbonyl (C=O) groups is 1. The Bertz CT molecular complexity index is 183. The first-order chi connectivity index (χ1) is 6.79. The van der Waals surface area contributed by atoms with E-state index in [0.717, 1.165) is 32.4 Å². The number of carbonyl (C=O) groups excluding carboxylic acids is 1. The molecule has 0 aromatic carbocycles. The molecule has 1 atom stereocenters. The van der Waals surface area contributed by atoms with Gasteiger partial charge in [0.15, 0.2) is 0 Å². The third-order valence-electron chi connectivity index (χ3n) is 2.43. The molecule has 82 valence electrons. The smallest absolute Gasteiger partial charge is 0.251 e. The van der Waals surface area contributed by atoms with Crippen LogP contribution in [0.4, 0.5) is 0 Å². The highest BCUT2D eigenvalue weighted by Gasteiger charge is 2.28. The van der Waals surface area contributed by atoms with Gasteiger partial charge in [-0.2, -0.15) is 0 Å². The summed E-state index contributed by atoms with van der Waals surface area (Å²) in [7, 11) is 0. The highest BCUT2D eigenvalue weighted by Crippen LogP contribution is 2.12. The lowest BCUT2D eigenvalue weighted by atomic mass is 10.1. The number of hydrogen-bond acceptors (Lipinski definition) is 3. The van der Waals surface area contributed by atoms with E-state index in [-0.39, 0.29) is 12.0 Å². The van der Waals surface area contributed by atoms with Crippen molar-refractivity contribution in [2.45, 2.75) is 32.3 Å². The summed E-state index contributed by atoms with van der Waals surface area (Å²) < 4.78 is 5.42. The fourth-order valence-electron chi connectivity index (χ4n) is 1.69. The summed E-state index contributed by atoms with van der Waals surface area (Å²) in [4.78, 5) is 13.7. The molecule has 14 heavy (non-hydrogen) atoms. The van der Waals surface area contributed by atoms with Crippen LogP contribution in [-0.2, 0) is 9.53 Å². The van der Waals surface area contributed by atoms with Gasteiger partial charge in [0.05, 0.1) is 6.61 Å². The Morgan fingerprint density at radius 1 is 1.64 bits per heavy atom. The summed E-state index contributed by atoms with van der Waals surface area (Å²) in [5.74, 6) is 0.145. The van der Waals surface area contributed by atoms with Crippen molar-refractivity contribution in [3.8, 4) is 0 Å². The van der Waals surface area contributed by atoms with Gasteiger partial charge < -0.3 is 15.4 Å². The monoisotopic (exact) mass is 200 g/mol. The number of hydrogen-bond donors (Lipinski definition) is 1. The van der Waals surface area contributed by atoms with E-state index >= 15 is 0 Å². The zero-order valence-electron chi connectivity index (χ0n) is 8.87. The molecule has 1 rings (SSSR count). The molecular weight excluding hydrogens is 180 g/mol. The van der Waals surface area contributed by atoms with Gasteiger partial charge in [0.2, 0.25) is 0 Å². The van der Waals surface area contributed by atoms with Crippen LogP contribution in [0.2, 0.25) is 0 Å². The molecule has 1 aliphatic rings. The number of nitrogens with zero attached hydrogens (tertiary/aromatic N) is 1. The average molecular weight is 200 g/mol. The molecule has 1 aliphatic heterocycles. The highest BCUT2D eigenvalue weighted by atomic mass is 16.5. The maximum Gasteiger partial charge on any atom is 0.251 e. The lowest BCUT2D eigenvalue weighted by Crippen LogP contribution is -2.48. The Morgan fingerprint density at radius 3 is 3.07 bits per heavy atom. The summed E-state index contributed by atoms with van der Waals surface area (Å²) in [5, 5.41) is 0. The Hall–Kier alpha value is -0.610. The van der Waals surface area contributed by atoms with Crippen molar-refractivity contribution in [3.05, 3.63) is 0 Å². The lowest BCUT2D eigenvalue weighted by molar-refractivity contribution is -0.153. The summed E-state index contributed by atoms with van der Waals surface area (Å²) >= 11 is 0. The predicted molar refractivity (Wildman–Crippen MR) is 54.9 cm³/mol. The third-order valence-corrected chi connectivity index (χ3v) is 2.43. The van der Waals surface area contributed by atoms with Crippen molar-refractivity contribution in [1.29, 1.82) is 0 Å². The third kappa shape index (κ3) is 2.96. The first-order valence-electron chi connectivity index (χ1n) is 5.40. The van der Waals surface area contributed by atoms with Gasteiger partial charge in [0.1, 0.15) is 6.10 Å². The van der Waals surface area contributed by atoms with Gasteiger partial charge in [0, 0.05) is 13.1 Å². The van der Waals surface area contributed by atoms with Crippen molar-refractivity contribution in [3.63, 3.8) is 0 Å². The van der Waals surface area contributed by atoms with Gasteiger partial charge in [-0.15, -0.1) is 0 Å². The molecule has 1 saturated heterocycles. The number of ether oxygens (including phenoxy) is 1. The van der Waals surface area contributed by atoms with Crippen LogP contribution in [0.5, 0.6) is 0 Å². The van der Waals surface area contributed by atoms with Crippen molar-refractivity contribution in [2.75, 3.05) is 26.2 Å². The molecule has 0 radical (unpaired) electrons. The molecule has 0 aromatic heterocycles. The fraction of sp³-hybridized carbons (Fsp3) is 0.900. The Morgan fingerprint density at radius 2 is 2.43 bits per heavy atom. The first kappa shape index (κ1) is 11.5. The van der Waals surface area contributed by atoms with E-state index in [0.29, 0.717) is 13.2 Å². The fourth-order valence-corrected chi connectivity index (χ4v) is 1.69. The molecule has 1 amide bonds. The van der Waals surface area contributed by atoms with Crippen LogP contribution in [-0.4, -0.2) is 43.2 Å². The predicted octanol–water partition coefficient (Wildman–Crippen LogP) is 0.363. The molecule has 0 bridgehead atoms. The second-order valence-electron chi connectivity index (χ2n) is 3.62. The summed E-state index contributed by atoms with van der Waals surface area (Å²) in [6, 6.07) is 0. The molecule has 2 N–H and O–H groups in total. The second-order valence-corrected chi connectivity index (χ2v) is 3.62. The number of nitrogens with two attached hydrogens (primary N) is 1. The summed E-state index contributed by atoms with van der Waals surface area (Å²) in [5.41, 5.74) is 5.40. The van der Waals surface area contributed by atoms with Crippen LogP contribution in [0.25, 0.3) is 0 Å². The van der Waals surface area contributed by atoms with E-state index in [1.54, 1.807) is 0 Å². The molecule has 0 saturated carbocycles. The van der Waals surface area contributed by atoms with Crippen LogP contribution in [0.3, 0.4) is 0 Å². The number of rotatable bonds is 5. The van der Waals surface area contributed by atoms with E-state index in [2.05, 4.69) is 6.92 Å². The summed E-state index contributed by atoms with van der Waals surface area (Å²) in [6.07, 6.45) is 2.39. The largest absolute Gasteiger partial charge is 0.367 e. The van der Waals surface area contributed by atoms with Gasteiger partial charge >= 0.3 is 0 Å². The Balaban J connectivity index is 2.40. The van der Waals surface area contributed by atoms with Gasteiger partial charge in [-0.1, -0.05) is 6.92 Å². The normalized spacial score (nSPS) is 22.9. The molecule has 4 nitrogen and oxygen atoms in total. The lowest BCUT2D eigenvalue weighted by Gasteiger charge is -2.32. The molecule has 4 heteroatoms. The quantitative estimate of drug-likeness (QED) is 0.697. The molecule has 0 aliphatic carbocycles. The highest BCUT2D eigenvalue weighted by molar-refractivity contribution is 5.81. The van der Waals surface area contributed by atoms with Crippen molar-refractivity contribution >= 4 is 5.91 Å². The maximum absolute atomic E-state index is 11.8. The SMILES string of the molecule is CCCN1CCOC(CCCN)C1=O. The van der Waals surface area contributed by atoms with E-state index in [1.807, 2.05) is 4.90 Å². The molecule has 0 aromatic rings. The first-order valence-corrected chi connectivity index (χ1v) is 5.40. The van der Waals surface area contributed by atoms with Crippen LogP contribution in [0.15, 0.2) is 0 Å². The van der Waals surface area contributed by atoms with Crippen molar-refractivity contribution in [2.24, 2.45) is 5.73 Å². The van der Waals surface area contributed by atoms with Gasteiger partial charge in [-0.05, 0) is 25.8 Å². The Kier molecular flexibility index (Phi) is 4.90. The van der Waals surface area contributed by atoms with Gasteiger partial charge in [-0.25, -0.2) is 0 Å². The Labute approximate surface area is 85.4 Å². The molecule has 1 unspecified atom stereocenters. The van der Waals surface area contributed by atoms with E-state index in [1.165, 1.54) is 0 Å². The second kappa shape index (κ2) is 5.98. The molecular formula is C10H20N2O2. The minimum atomic E-state index is -0.237. The maximum atomic E-state index is 11.8. The minimum Gasteiger partial charge on any atom is -0.367 e. The number of morpholine rings is 1. The van der Waals surface area contributed by atoms with Crippen LogP contribution < -0.4 is 5.73 Å². The average Bonchev–Trinajstić information content (AvgIpc) is 2.20. The van der Waals surface area contributed by atoms with Crippen molar-refractivity contribution in [1.82, 2.24) is 4.90 Å². The van der Waals surface area contributed by atoms with Gasteiger partial charge in [-0.3, -0.25) is 4.79 Å². The molecule has 1 fully saturated rings. The summed E-state index contributed by atoms with van der Waals surface area (Å²) in [6.45, 7) is 4.96. The molecule has 1 heterocycles. The van der Waals surface area contributed by atoms with E-state index < -0.39 is 0 Å². The van der Waals surface area contributed by atoms with Crippen LogP contribution >= 0.6 is 0 Å². The topological polar surface area (TPSA) is 55.6 Å². The standard InChI is InChI=1S/C10H20N2O2/c1-2-6-12-7-8-14-9(10(12)13)4-3-5-11/h9H,2-8,11H2,1H3. The van der Waals surface area contributed by atoms with E-state index in [4.69, 9.17) is 10.5 Å². The van der Waals surface area contributed by atoms with Gasteiger partial charge in [0.25, 0.3) is 5.91 Å². The van der Waals surface area contributed by atoms with Crippen molar-refractivity contribution < 1.29 is 9.53 Å². The minimum absolute atomic E-state index is 0.145. The van der Waals surface area contributed by atoms with E-state index in [9.17, 15) is 4.79 Å². The molecule has 0 spiro atoms. The number of amides is 1. The zero-order valence-corrected chi connectivity index (χ0v) is 8.87. The van der Waals surface area contributed by atoms with Crippen LogP contribution in [0.1, 0.15) is 26.2 Å². The zero-order chi connectivity index (χ0) is 10.4. The van der Waals surface area contributed by atoms with Crippen LogP contribution in [0, 0.1) is 0 Å².